The zero-order chi connectivity index (χ0) is 28.2. The molecule has 0 bridgehead atoms. The minimum absolute atomic E-state index is 0.0487. The van der Waals surface area contributed by atoms with Crippen molar-refractivity contribution in [1.82, 2.24) is 0 Å². The van der Waals surface area contributed by atoms with Crippen LogP contribution in [0.3, 0.4) is 0 Å². The Labute approximate surface area is 242 Å². The van der Waals surface area contributed by atoms with Crippen LogP contribution in [0, 0.1) is 52.3 Å². The first-order valence-electron chi connectivity index (χ1n) is 17.5. The third-order valence-electron chi connectivity index (χ3n) is 13.1. The highest BCUT2D eigenvalue weighted by Gasteiger charge is 2.59. The molecule has 0 amide bonds. The number of hydrogen-bond donors (Lipinski definition) is 0. The number of esters is 1. The molecule has 0 N–H and O–H groups in total. The first kappa shape index (κ1) is 31.2. The molecule has 39 heavy (non-hydrogen) atoms. The monoisotopic (exact) mass is 540 g/mol. The molecule has 4 aliphatic carbocycles. The highest BCUT2D eigenvalue weighted by Crippen LogP contribution is 2.67. The van der Waals surface area contributed by atoms with Gasteiger partial charge < -0.3 is 4.74 Å². The van der Waals surface area contributed by atoms with Crippen molar-refractivity contribution in [1.29, 1.82) is 0 Å². The molecule has 3 saturated carbocycles. The van der Waals surface area contributed by atoms with E-state index >= 15 is 0 Å². The Morgan fingerprint density at radius 3 is 2.44 bits per heavy atom. The van der Waals surface area contributed by atoms with E-state index in [1.807, 2.05) is 0 Å². The van der Waals surface area contributed by atoms with Gasteiger partial charge in [-0.05, 0) is 110 Å². The maximum Gasteiger partial charge on any atom is 0.306 e. The summed E-state index contributed by atoms with van der Waals surface area (Å²) in [5, 5.41) is 0. The molecule has 224 valence electrons. The lowest BCUT2D eigenvalue weighted by Gasteiger charge is -2.58. The molecule has 0 aromatic heterocycles. The lowest BCUT2D eigenvalue weighted by molar-refractivity contribution is -0.151. The van der Waals surface area contributed by atoms with Crippen molar-refractivity contribution in [3.05, 3.63) is 11.6 Å². The molecule has 0 radical (unpaired) electrons. The summed E-state index contributed by atoms with van der Waals surface area (Å²) in [5.74, 6) is 6.18. The van der Waals surface area contributed by atoms with Gasteiger partial charge in [0.1, 0.15) is 6.10 Å². The van der Waals surface area contributed by atoms with Gasteiger partial charge >= 0.3 is 5.97 Å². The van der Waals surface area contributed by atoms with Crippen LogP contribution in [0.15, 0.2) is 11.6 Å². The quantitative estimate of drug-likeness (QED) is 0.132. The number of carbonyl (C=O) groups is 1. The fourth-order valence-electron chi connectivity index (χ4n) is 10.5. The minimum atomic E-state index is 0.0487. The first-order chi connectivity index (χ1) is 18.6. The normalized spacial score (nSPS) is 37.4. The number of allylic oxidation sites excluding steroid dienone is 1. The zero-order valence-corrected chi connectivity index (χ0v) is 27.0. The Bertz CT molecular complexity index is 827. The molecular formula is C37H64O2. The van der Waals surface area contributed by atoms with Gasteiger partial charge in [-0.2, -0.15) is 0 Å². The van der Waals surface area contributed by atoms with Gasteiger partial charge in [-0.3, -0.25) is 4.79 Å². The number of fused-ring (bicyclic) bond motifs is 5. The predicted octanol–water partition coefficient (Wildman–Crippen LogP) is 10.9. The average molecular weight is 541 g/mol. The summed E-state index contributed by atoms with van der Waals surface area (Å²) >= 11 is 0. The molecule has 0 aromatic carbocycles. The second kappa shape index (κ2) is 13.5. The van der Waals surface area contributed by atoms with Crippen LogP contribution in [-0.2, 0) is 9.53 Å². The molecule has 0 heterocycles. The number of unbranched alkanes of at least 4 members (excludes halogenated alkanes) is 4. The van der Waals surface area contributed by atoms with Crippen molar-refractivity contribution >= 4 is 5.97 Å². The largest absolute Gasteiger partial charge is 0.462 e. The molecule has 9 atom stereocenters. The van der Waals surface area contributed by atoms with E-state index in [2.05, 4.69) is 54.5 Å². The second-order valence-corrected chi connectivity index (χ2v) is 15.5. The molecule has 0 aliphatic heterocycles. The maximum atomic E-state index is 12.6. The molecule has 0 spiro atoms. The summed E-state index contributed by atoms with van der Waals surface area (Å²) in [5.41, 5.74) is 2.52. The Morgan fingerprint density at radius 1 is 0.949 bits per heavy atom. The van der Waals surface area contributed by atoms with Gasteiger partial charge in [-0.25, -0.2) is 0 Å². The van der Waals surface area contributed by atoms with Crippen molar-refractivity contribution in [2.45, 2.75) is 164 Å². The van der Waals surface area contributed by atoms with E-state index in [1.165, 1.54) is 77.0 Å². The molecule has 4 aliphatic rings. The lowest BCUT2D eigenvalue weighted by Crippen LogP contribution is -2.51. The zero-order valence-electron chi connectivity index (χ0n) is 27.0. The summed E-state index contributed by atoms with van der Waals surface area (Å²) in [7, 11) is 0. The standard InChI is InChI=1S/C37H64O2/c1-8-10-11-12-13-14-35(38)39-30-21-23-36(6)29(25-30)17-18-31-33-20-19-32(37(33,7)24-22-34(31)36)27(5)15-16-28(9-2)26(3)4/h17,26-28,30-34H,8-16,18-25H2,1-7H3/t27-,28-,30?,31+,32-,33+,34+,36+,37-/m1/s1. The number of rotatable bonds is 13. The summed E-state index contributed by atoms with van der Waals surface area (Å²) in [4.78, 5) is 12.6. The Balaban J connectivity index is 1.34. The maximum absolute atomic E-state index is 12.6. The summed E-state index contributed by atoms with van der Waals surface area (Å²) in [6.07, 6.45) is 23.8. The Kier molecular flexibility index (Phi) is 10.7. The van der Waals surface area contributed by atoms with Gasteiger partial charge in [-0.1, -0.05) is 98.6 Å². The predicted molar refractivity (Wildman–Crippen MR) is 165 cm³/mol. The molecule has 0 aromatic rings. The molecule has 2 nitrogen and oxygen atoms in total. The number of hydrogen-bond acceptors (Lipinski definition) is 2. The highest BCUT2D eigenvalue weighted by molar-refractivity contribution is 5.69. The fraction of sp³-hybridized carbons (Fsp3) is 0.919. The Hall–Kier alpha value is -0.790. The number of carbonyl (C=O) groups excluding carboxylic acids is 1. The van der Waals surface area contributed by atoms with E-state index in [9.17, 15) is 4.79 Å². The van der Waals surface area contributed by atoms with E-state index in [-0.39, 0.29) is 12.1 Å². The molecule has 0 saturated heterocycles. The first-order valence-corrected chi connectivity index (χ1v) is 17.5. The van der Waals surface area contributed by atoms with Crippen molar-refractivity contribution in [3.8, 4) is 0 Å². The van der Waals surface area contributed by atoms with Crippen LogP contribution < -0.4 is 0 Å². The topological polar surface area (TPSA) is 26.3 Å². The van der Waals surface area contributed by atoms with E-state index in [0.29, 0.717) is 17.3 Å². The van der Waals surface area contributed by atoms with Gasteiger partial charge in [0.2, 0.25) is 0 Å². The molecule has 4 rings (SSSR count). The lowest BCUT2D eigenvalue weighted by atomic mass is 9.47. The van der Waals surface area contributed by atoms with Crippen LogP contribution in [0.2, 0.25) is 0 Å². The summed E-state index contributed by atoms with van der Waals surface area (Å²) < 4.78 is 6.04. The van der Waals surface area contributed by atoms with Crippen LogP contribution in [0.25, 0.3) is 0 Å². The van der Waals surface area contributed by atoms with Crippen LogP contribution in [0.5, 0.6) is 0 Å². The average Bonchev–Trinajstić information content (AvgIpc) is 3.26. The highest BCUT2D eigenvalue weighted by atomic mass is 16.5. The van der Waals surface area contributed by atoms with Gasteiger partial charge in [0.25, 0.3) is 0 Å². The number of ether oxygens (including phenoxy) is 1. The Morgan fingerprint density at radius 2 is 1.72 bits per heavy atom. The molecule has 3 fully saturated rings. The van der Waals surface area contributed by atoms with E-state index in [4.69, 9.17) is 4.74 Å². The van der Waals surface area contributed by atoms with E-state index in [1.54, 1.807) is 5.57 Å². The van der Waals surface area contributed by atoms with Gasteiger partial charge in [0.15, 0.2) is 0 Å². The van der Waals surface area contributed by atoms with E-state index < -0.39 is 0 Å². The van der Waals surface area contributed by atoms with E-state index in [0.717, 1.165) is 67.1 Å². The van der Waals surface area contributed by atoms with Crippen molar-refractivity contribution < 1.29 is 9.53 Å². The SMILES string of the molecule is CCCCCCCC(=O)OC1CC[C@@]2(C)C(=CC[C@H]3[C@@H]4CC[C@H]([C@H](C)CC[C@@H](CC)C(C)C)[C@@]4(C)CC[C@@H]32)C1. The smallest absolute Gasteiger partial charge is 0.306 e. The van der Waals surface area contributed by atoms with Gasteiger partial charge in [0, 0.05) is 12.8 Å². The summed E-state index contributed by atoms with van der Waals surface area (Å²) in [6.45, 7) is 17.4. The molecule has 2 heteroatoms. The summed E-state index contributed by atoms with van der Waals surface area (Å²) in [6, 6.07) is 0. The van der Waals surface area contributed by atoms with Crippen molar-refractivity contribution in [3.63, 3.8) is 0 Å². The fourth-order valence-corrected chi connectivity index (χ4v) is 10.5. The van der Waals surface area contributed by atoms with Crippen LogP contribution >= 0.6 is 0 Å². The minimum Gasteiger partial charge on any atom is -0.462 e. The third kappa shape index (κ3) is 6.66. The van der Waals surface area contributed by atoms with Crippen LogP contribution in [-0.4, -0.2) is 12.1 Å². The third-order valence-corrected chi connectivity index (χ3v) is 13.1. The van der Waals surface area contributed by atoms with Crippen LogP contribution in [0.1, 0.15) is 158 Å². The molecule has 1 unspecified atom stereocenters. The second-order valence-electron chi connectivity index (χ2n) is 15.5. The van der Waals surface area contributed by atoms with Gasteiger partial charge in [-0.15, -0.1) is 0 Å². The van der Waals surface area contributed by atoms with Gasteiger partial charge in [0.05, 0.1) is 0 Å². The van der Waals surface area contributed by atoms with Crippen LogP contribution in [0.4, 0.5) is 0 Å². The molecular weight excluding hydrogens is 476 g/mol. The van der Waals surface area contributed by atoms with Crippen molar-refractivity contribution in [2.75, 3.05) is 0 Å². The van der Waals surface area contributed by atoms with Crippen molar-refractivity contribution in [2.24, 2.45) is 52.3 Å².